The van der Waals surface area contributed by atoms with Crippen molar-refractivity contribution < 1.29 is 24.1 Å². The van der Waals surface area contributed by atoms with Crippen LogP contribution >= 0.6 is 0 Å². The number of Topliss-reactive ketones (excluding diaryl/α,β-unsaturated/α-hetero) is 1. The average molecular weight is 424 g/mol. The molecular weight excluding hydrogens is 396 g/mol. The topological polar surface area (TPSA) is 71.5 Å². The highest BCUT2D eigenvalue weighted by Gasteiger charge is 2.34. The first-order chi connectivity index (χ1) is 14.9. The number of phenols is 1. The molecule has 1 fully saturated rings. The van der Waals surface area contributed by atoms with Gasteiger partial charge in [0.25, 0.3) is 0 Å². The summed E-state index contributed by atoms with van der Waals surface area (Å²) in [5, 5.41) is 10.6. The third-order valence-electron chi connectivity index (χ3n) is 5.90. The van der Waals surface area contributed by atoms with Crippen LogP contribution in [0, 0.1) is 6.92 Å². The van der Waals surface area contributed by atoms with E-state index in [1.165, 1.54) is 0 Å². The van der Waals surface area contributed by atoms with Crippen LogP contribution in [0.1, 0.15) is 27.0 Å². The van der Waals surface area contributed by atoms with Crippen molar-refractivity contribution in [2.75, 3.05) is 47.4 Å². The molecule has 1 N–H and O–H groups in total. The first-order valence-corrected chi connectivity index (χ1v) is 10.3. The minimum Gasteiger partial charge on any atom is -0.507 e. The summed E-state index contributed by atoms with van der Waals surface area (Å²) in [6.07, 6.45) is 1.69. The highest BCUT2D eigenvalue weighted by atomic mass is 16.5. The van der Waals surface area contributed by atoms with E-state index in [0.717, 1.165) is 31.7 Å². The van der Waals surface area contributed by atoms with E-state index >= 15 is 0 Å². The summed E-state index contributed by atoms with van der Waals surface area (Å²) in [5.74, 6) is 1.87. The van der Waals surface area contributed by atoms with Crippen LogP contribution in [0.25, 0.3) is 6.08 Å². The number of aromatic hydroxyl groups is 1. The van der Waals surface area contributed by atoms with Crippen molar-refractivity contribution in [2.45, 2.75) is 13.5 Å². The van der Waals surface area contributed by atoms with Gasteiger partial charge in [-0.05, 0) is 49.4 Å². The second-order valence-electron chi connectivity index (χ2n) is 8.03. The maximum atomic E-state index is 13.1. The number of likely N-dealkylation sites (N-methyl/N-ethyl adjacent to an activating group) is 1. The highest BCUT2D eigenvalue weighted by molar-refractivity contribution is 6.15. The second-order valence-corrected chi connectivity index (χ2v) is 8.03. The molecule has 0 amide bonds. The van der Waals surface area contributed by atoms with Crippen molar-refractivity contribution in [3.8, 4) is 23.0 Å². The van der Waals surface area contributed by atoms with Crippen LogP contribution < -0.4 is 14.2 Å². The van der Waals surface area contributed by atoms with Crippen LogP contribution in [0.5, 0.6) is 23.0 Å². The number of hydrogen-bond donors (Lipinski definition) is 1. The van der Waals surface area contributed by atoms with Crippen LogP contribution in [0.3, 0.4) is 0 Å². The molecule has 0 spiro atoms. The standard InChI is InChI=1S/C24H28N2O5/c1-15-11-18(27)17(14-26-9-7-25(2)8-10-26)24-22(15)23(28)21(31-24)13-16-5-6-19(29-3)20(12-16)30-4/h5-6,11-13,27H,7-10,14H2,1-4H3/b21-13+. The molecule has 1 saturated heterocycles. The van der Waals surface area contributed by atoms with Gasteiger partial charge in [0.2, 0.25) is 5.78 Å². The minimum atomic E-state index is -0.179. The summed E-state index contributed by atoms with van der Waals surface area (Å²) in [7, 11) is 5.25. The van der Waals surface area contributed by atoms with Gasteiger partial charge in [-0.1, -0.05) is 6.07 Å². The monoisotopic (exact) mass is 424 g/mol. The lowest BCUT2D eigenvalue weighted by Gasteiger charge is -2.32. The van der Waals surface area contributed by atoms with E-state index in [9.17, 15) is 9.90 Å². The number of ketones is 1. The number of carbonyl (C=O) groups excluding carboxylic acids is 1. The van der Waals surface area contributed by atoms with Crippen molar-refractivity contribution >= 4 is 11.9 Å². The summed E-state index contributed by atoms with van der Waals surface area (Å²) >= 11 is 0. The molecule has 7 heteroatoms. The first-order valence-electron chi connectivity index (χ1n) is 10.3. The smallest absolute Gasteiger partial charge is 0.232 e. The molecule has 0 radical (unpaired) electrons. The van der Waals surface area contributed by atoms with E-state index in [4.69, 9.17) is 14.2 Å². The Morgan fingerprint density at radius 1 is 1.10 bits per heavy atom. The Balaban J connectivity index is 1.66. The number of allylic oxidation sites excluding steroid dienone is 1. The maximum absolute atomic E-state index is 13.1. The Labute approximate surface area is 182 Å². The van der Waals surface area contributed by atoms with E-state index < -0.39 is 0 Å². The largest absolute Gasteiger partial charge is 0.507 e. The predicted octanol–water partition coefficient (Wildman–Crippen LogP) is 3.08. The number of phenolic OH excluding ortho intramolecular Hbond substituents is 1. The van der Waals surface area contributed by atoms with Crippen molar-refractivity contribution in [3.63, 3.8) is 0 Å². The molecule has 0 saturated carbocycles. The number of rotatable bonds is 5. The summed E-state index contributed by atoms with van der Waals surface area (Å²) in [5.41, 5.74) is 2.65. The van der Waals surface area contributed by atoms with Gasteiger partial charge < -0.3 is 24.2 Å². The van der Waals surface area contributed by atoms with Crippen molar-refractivity contribution in [2.24, 2.45) is 0 Å². The zero-order valence-corrected chi connectivity index (χ0v) is 18.4. The van der Waals surface area contributed by atoms with Crippen LogP contribution in [-0.4, -0.2) is 68.1 Å². The van der Waals surface area contributed by atoms with E-state index in [1.54, 1.807) is 38.5 Å². The number of piperazine rings is 1. The summed E-state index contributed by atoms with van der Waals surface area (Å²) in [6, 6.07) is 7.07. The Morgan fingerprint density at radius 2 is 1.81 bits per heavy atom. The van der Waals surface area contributed by atoms with E-state index in [0.29, 0.717) is 40.5 Å². The van der Waals surface area contributed by atoms with Gasteiger partial charge in [-0.2, -0.15) is 0 Å². The fraction of sp³-hybridized carbons (Fsp3) is 0.375. The summed E-state index contributed by atoms with van der Waals surface area (Å²) in [6.45, 7) is 6.11. The van der Waals surface area contributed by atoms with Crippen LogP contribution in [0.2, 0.25) is 0 Å². The Bertz CT molecular complexity index is 1040. The molecule has 0 bridgehead atoms. The maximum Gasteiger partial charge on any atom is 0.232 e. The zero-order valence-electron chi connectivity index (χ0n) is 18.4. The zero-order chi connectivity index (χ0) is 22.1. The number of ether oxygens (including phenoxy) is 3. The van der Waals surface area contributed by atoms with Gasteiger partial charge in [-0.15, -0.1) is 0 Å². The fourth-order valence-electron chi connectivity index (χ4n) is 4.06. The molecule has 164 valence electrons. The SMILES string of the molecule is COc1ccc(/C=C2/Oc3c(CN4CCN(C)CC4)c(O)cc(C)c3C2=O)cc1OC. The normalized spacial score (nSPS) is 18.2. The number of benzene rings is 2. The lowest BCUT2D eigenvalue weighted by Crippen LogP contribution is -2.43. The Hall–Kier alpha value is -3.03. The van der Waals surface area contributed by atoms with Crippen molar-refractivity contribution in [1.82, 2.24) is 9.80 Å². The molecule has 2 aliphatic heterocycles. The fourth-order valence-corrected chi connectivity index (χ4v) is 4.06. The molecule has 4 rings (SSSR count). The van der Waals surface area contributed by atoms with Gasteiger partial charge in [-0.3, -0.25) is 9.69 Å². The van der Waals surface area contributed by atoms with E-state index in [1.807, 2.05) is 13.0 Å². The van der Waals surface area contributed by atoms with Crippen molar-refractivity contribution in [3.05, 3.63) is 52.3 Å². The molecule has 2 heterocycles. The Kier molecular flexibility index (Phi) is 5.89. The molecule has 7 nitrogen and oxygen atoms in total. The number of hydrogen-bond acceptors (Lipinski definition) is 7. The predicted molar refractivity (Wildman–Crippen MR) is 118 cm³/mol. The molecule has 2 aromatic rings. The second kappa shape index (κ2) is 8.61. The van der Waals surface area contributed by atoms with Gasteiger partial charge in [-0.25, -0.2) is 0 Å². The third-order valence-corrected chi connectivity index (χ3v) is 5.90. The van der Waals surface area contributed by atoms with Crippen LogP contribution in [0.4, 0.5) is 0 Å². The minimum absolute atomic E-state index is 0.162. The van der Waals surface area contributed by atoms with Gasteiger partial charge >= 0.3 is 0 Å². The lowest BCUT2D eigenvalue weighted by atomic mass is 9.99. The molecule has 0 atom stereocenters. The lowest BCUT2D eigenvalue weighted by molar-refractivity contribution is 0.101. The van der Waals surface area contributed by atoms with Crippen LogP contribution in [0.15, 0.2) is 30.0 Å². The van der Waals surface area contributed by atoms with E-state index in [-0.39, 0.29) is 17.3 Å². The number of fused-ring (bicyclic) bond motifs is 1. The van der Waals surface area contributed by atoms with Gasteiger partial charge in [0, 0.05) is 32.7 Å². The number of aryl methyl sites for hydroxylation is 1. The van der Waals surface area contributed by atoms with E-state index in [2.05, 4.69) is 16.8 Å². The molecule has 0 unspecified atom stereocenters. The number of carbonyl (C=O) groups is 1. The molecule has 31 heavy (non-hydrogen) atoms. The highest BCUT2D eigenvalue weighted by Crippen LogP contribution is 2.42. The summed E-state index contributed by atoms with van der Waals surface area (Å²) in [4.78, 5) is 17.7. The van der Waals surface area contributed by atoms with Gasteiger partial charge in [0.1, 0.15) is 11.5 Å². The molecular formula is C24H28N2O5. The van der Waals surface area contributed by atoms with Crippen molar-refractivity contribution in [1.29, 1.82) is 0 Å². The molecule has 2 aromatic carbocycles. The van der Waals surface area contributed by atoms with Crippen LogP contribution in [-0.2, 0) is 6.54 Å². The first kappa shape index (κ1) is 21.2. The quantitative estimate of drug-likeness (QED) is 0.740. The molecule has 0 aromatic heterocycles. The van der Waals surface area contributed by atoms with Gasteiger partial charge in [0.15, 0.2) is 17.3 Å². The molecule has 0 aliphatic carbocycles. The third kappa shape index (κ3) is 4.11. The molecule has 2 aliphatic rings. The number of methoxy groups -OCH3 is 2. The summed E-state index contributed by atoms with van der Waals surface area (Å²) < 4.78 is 16.7. The van der Waals surface area contributed by atoms with Gasteiger partial charge in [0.05, 0.1) is 25.3 Å². The Morgan fingerprint density at radius 3 is 2.48 bits per heavy atom. The number of nitrogens with zero attached hydrogens (tertiary/aromatic N) is 2. The average Bonchev–Trinajstić information content (AvgIpc) is 3.08.